The molecule has 2 aromatic heterocycles. The first-order valence-electron chi connectivity index (χ1n) is 21.5. The number of carbonyl (C=O) groups is 2. The number of aliphatic hydroxyl groups excluding tert-OH is 1. The molecule has 2 amide bonds. The first kappa shape index (κ1) is 40.9. The van der Waals surface area contributed by atoms with Crippen molar-refractivity contribution in [3.8, 4) is 5.75 Å². The minimum absolute atomic E-state index is 0.00451. The van der Waals surface area contributed by atoms with Gasteiger partial charge >= 0.3 is 12.2 Å². The summed E-state index contributed by atoms with van der Waals surface area (Å²) >= 11 is 0. The summed E-state index contributed by atoms with van der Waals surface area (Å²) in [7, 11) is 3.02. The maximum absolute atomic E-state index is 13.4. The molecule has 322 valence electrons. The van der Waals surface area contributed by atoms with Gasteiger partial charge in [0.1, 0.15) is 35.8 Å². The van der Waals surface area contributed by atoms with E-state index in [1.54, 1.807) is 12.0 Å². The average Bonchev–Trinajstić information content (AvgIpc) is 4.06. The lowest BCUT2D eigenvalue weighted by Gasteiger charge is -2.35. The summed E-state index contributed by atoms with van der Waals surface area (Å²) in [4.78, 5) is 46.5. The Bertz CT molecular complexity index is 2550. The number of ether oxygens (including phenoxy) is 4. The van der Waals surface area contributed by atoms with Gasteiger partial charge in [0.15, 0.2) is 0 Å². The molecular formula is C47H57N7O7. The second-order valence-electron chi connectivity index (χ2n) is 18.4. The number of aromatic amines is 2. The number of nitrogens with zero attached hydrogens (tertiary/aromatic N) is 4. The first-order valence-corrected chi connectivity index (χ1v) is 21.5. The fourth-order valence-corrected chi connectivity index (χ4v) is 9.80. The summed E-state index contributed by atoms with van der Waals surface area (Å²) in [5.41, 5.74) is 7.72. The average molecular weight is 832 g/mol. The molecule has 2 unspecified atom stereocenters. The van der Waals surface area contributed by atoms with E-state index in [2.05, 4.69) is 69.9 Å². The highest BCUT2D eigenvalue weighted by Gasteiger charge is 2.41. The third kappa shape index (κ3) is 7.85. The maximum atomic E-state index is 13.4. The summed E-state index contributed by atoms with van der Waals surface area (Å²) in [6.45, 7) is 11.9. The number of amides is 2. The van der Waals surface area contributed by atoms with Gasteiger partial charge < -0.3 is 39.3 Å². The summed E-state index contributed by atoms with van der Waals surface area (Å²) in [6, 6.07) is 14.1. The summed E-state index contributed by atoms with van der Waals surface area (Å²) in [6.07, 6.45) is 6.09. The molecule has 5 aromatic rings. The molecular weight excluding hydrogens is 775 g/mol. The molecule has 14 heteroatoms. The Hall–Kier alpha value is -5.44. The number of nitrogens with one attached hydrogen (secondary N) is 3. The van der Waals surface area contributed by atoms with E-state index in [0.29, 0.717) is 26.3 Å². The summed E-state index contributed by atoms with van der Waals surface area (Å²) in [5, 5.41) is 16.4. The number of aliphatic hydroxyl groups is 1. The van der Waals surface area contributed by atoms with Crippen LogP contribution in [0.3, 0.4) is 0 Å². The van der Waals surface area contributed by atoms with Crippen LogP contribution in [-0.4, -0.2) is 105 Å². The Labute approximate surface area is 355 Å². The zero-order valence-electron chi connectivity index (χ0n) is 36.1. The van der Waals surface area contributed by atoms with Gasteiger partial charge in [0.25, 0.3) is 0 Å². The molecule has 0 saturated carbocycles. The van der Waals surface area contributed by atoms with Crippen molar-refractivity contribution in [1.29, 1.82) is 0 Å². The van der Waals surface area contributed by atoms with Crippen LogP contribution in [0.4, 0.5) is 9.59 Å². The number of allylic oxidation sites excluding steroid dienone is 3. The van der Waals surface area contributed by atoms with Gasteiger partial charge in [-0.3, -0.25) is 9.80 Å². The van der Waals surface area contributed by atoms with E-state index < -0.39 is 24.0 Å². The molecule has 1 aliphatic carbocycles. The molecule has 3 aromatic carbocycles. The van der Waals surface area contributed by atoms with Crippen LogP contribution in [0.5, 0.6) is 5.75 Å². The maximum Gasteiger partial charge on any atom is 0.410 e. The van der Waals surface area contributed by atoms with E-state index in [1.165, 1.54) is 23.8 Å². The van der Waals surface area contributed by atoms with Crippen LogP contribution in [0.1, 0.15) is 101 Å². The quantitative estimate of drug-likeness (QED) is 0.114. The minimum Gasteiger partial charge on any atom is -0.489 e. The molecule has 4 N–H and O–H groups in total. The predicted octanol–water partition coefficient (Wildman–Crippen LogP) is 8.26. The van der Waals surface area contributed by atoms with E-state index in [4.69, 9.17) is 28.9 Å². The molecule has 5 heterocycles. The predicted molar refractivity (Wildman–Crippen MR) is 233 cm³/mol. The van der Waals surface area contributed by atoms with E-state index >= 15 is 0 Å². The number of methoxy groups -OCH3 is 2. The van der Waals surface area contributed by atoms with Crippen LogP contribution < -0.4 is 10.1 Å². The van der Waals surface area contributed by atoms with Crippen molar-refractivity contribution in [3.05, 3.63) is 83.0 Å². The van der Waals surface area contributed by atoms with Gasteiger partial charge in [-0.15, -0.1) is 0 Å². The lowest BCUT2D eigenvalue weighted by Crippen LogP contribution is -2.54. The Morgan fingerprint density at radius 3 is 2.61 bits per heavy atom. The number of carbonyl (C=O) groups excluding carboxylic acids is 2. The van der Waals surface area contributed by atoms with Gasteiger partial charge in [-0.2, -0.15) is 0 Å². The van der Waals surface area contributed by atoms with Gasteiger partial charge in [-0.05, 0) is 105 Å². The standard InChI is InChI=1S/C47H57N7O7/c1-25(2)40(52-45(56)59-7)44(55)53-16-8-9-37(53)42-48-34-14-11-28(20-36(34)50-42)27-10-13-31-30(18-27)24-60-39-21-32-29(19-33(31)39)12-15-35-41(32)51-43(49-35)38-17-26(23-58-6)22-54(38)46(57)61-47(3,4)5/h10-15,19-21,25-27,37-38,40,44,55H,8-9,16-18,22-24H2,1-7H3,(H,48,50)(H,49,51)(H,52,56)/t26-,27?,37-,38-,40-,44?/m0/s1. The molecule has 0 radical (unpaired) electrons. The largest absolute Gasteiger partial charge is 0.489 e. The van der Waals surface area contributed by atoms with Crippen LogP contribution in [0.2, 0.25) is 0 Å². The number of aromatic nitrogens is 4. The van der Waals surface area contributed by atoms with Gasteiger partial charge in [-0.1, -0.05) is 38.1 Å². The third-order valence-corrected chi connectivity index (χ3v) is 12.8. The normalized spacial score (nSPS) is 22.8. The first-order chi connectivity index (χ1) is 29.3. The third-order valence-electron chi connectivity index (χ3n) is 12.8. The number of hydrogen-bond acceptors (Lipinski definition) is 10. The smallest absolute Gasteiger partial charge is 0.410 e. The van der Waals surface area contributed by atoms with Crippen LogP contribution in [0.15, 0.2) is 60.2 Å². The number of hydrogen-bond donors (Lipinski definition) is 4. The van der Waals surface area contributed by atoms with E-state index in [-0.39, 0.29) is 35.9 Å². The number of likely N-dealkylation sites (tertiary alicyclic amines) is 2. The number of rotatable bonds is 9. The van der Waals surface area contributed by atoms with Crippen LogP contribution in [-0.2, 0) is 14.2 Å². The highest BCUT2D eigenvalue weighted by Crippen LogP contribution is 2.45. The van der Waals surface area contributed by atoms with Crippen molar-refractivity contribution in [3.63, 3.8) is 0 Å². The molecule has 6 atom stereocenters. The van der Waals surface area contributed by atoms with Crippen LogP contribution in [0, 0.1) is 11.8 Å². The summed E-state index contributed by atoms with van der Waals surface area (Å²) < 4.78 is 22.6. The zero-order valence-corrected chi connectivity index (χ0v) is 36.1. The highest BCUT2D eigenvalue weighted by molar-refractivity contribution is 6.06. The van der Waals surface area contributed by atoms with Crippen molar-refractivity contribution in [1.82, 2.24) is 35.1 Å². The van der Waals surface area contributed by atoms with Gasteiger partial charge in [-0.25, -0.2) is 19.6 Å². The molecule has 2 fully saturated rings. The van der Waals surface area contributed by atoms with Crippen molar-refractivity contribution < 1.29 is 33.6 Å². The van der Waals surface area contributed by atoms with Gasteiger partial charge in [0.2, 0.25) is 0 Å². The zero-order chi connectivity index (χ0) is 42.7. The number of H-pyrrole nitrogens is 2. The van der Waals surface area contributed by atoms with Crippen molar-refractivity contribution in [2.75, 3.05) is 40.5 Å². The fourth-order valence-electron chi connectivity index (χ4n) is 9.80. The lowest BCUT2D eigenvalue weighted by molar-refractivity contribution is -0.0439. The summed E-state index contributed by atoms with van der Waals surface area (Å²) in [5.74, 6) is 2.74. The number of alkyl carbamates (subject to hydrolysis) is 1. The molecule has 9 rings (SSSR count). The van der Waals surface area contributed by atoms with E-state index in [9.17, 15) is 14.7 Å². The van der Waals surface area contributed by atoms with E-state index in [0.717, 1.165) is 81.5 Å². The molecule has 61 heavy (non-hydrogen) atoms. The minimum atomic E-state index is -0.889. The van der Waals surface area contributed by atoms with Crippen molar-refractivity contribution >= 4 is 50.6 Å². The fraction of sp³-hybridized carbons (Fsp3) is 0.489. The SMILES string of the molecule is COC[C@H]1C[C@@H](c2nc3c(ccc4cc5c(cc43)OCC3=C5C=CC(c4ccc5nc([C@@H]6CCCN6C(O)[C@@H](NC(=O)OC)C(C)C)[nH]c5c4)C3)[nH]2)N(C(=O)OC(C)(C)C)C1. The van der Waals surface area contributed by atoms with Gasteiger partial charge in [0, 0.05) is 43.0 Å². The monoisotopic (exact) mass is 831 g/mol. The molecule has 14 nitrogen and oxygen atoms in total. The molecule has 0 bridgehead atoms. The Balaban J connectivity index is 0.941. The van der Waals surface area contributed by atoms with Crippen LogP contribution >= 0.6 is 0 Å². The number of benzene rings is 3. The second-order valence-corrected chi connectivity index (χ2v) is 18.4. The van der Waals surface area contributed by atoms with Crippen LogP contribution in [0.25, 0.3) is 38.4 Å². The number of fused-ring (bicyclic) bond motifs is 6. The topological polar surface area (TPSA) is 167 Å². The number of imidazole rings is 2. The Kier molecular flexibility index (Phi) is 10.8. The molecule has 4 aliphatic rings. The Morgan fingerprint density at radius 1 is 1.03 bits per heavy atom. The van der Waals surface area contributed by atoms with Crippen molar-refractivity contribution in [2.24, 2.45) is 11.8 Å². The van der Waals surface area contributed by atoms with Gasteiger partial charge in [0.05, 0.1) is 53.9 Å². The molecule has 3 aliphatic heterocycles. The molecule has 0 spiro atoms. The molecule has 2 saturated heterocycles. The highest BCUT2D eigenvalue weighted by atomic mass is 16.6. The lowest BCUT2D eigenvalue weighted by atomic mass is 9.82. The van der Waals surface area contributed by atoms with E-state index in [1.807, 2.05) is 39.5 Å². The Morgan fingerprint density at radius 2 is 1.84 bits per heavy atom. The van der Waals surface area contributed by atoms with Crippen molar-refractivity contribution in [2.45, 2.75) is 96.2 Å². The second kappa shape index (κ2) is 16.1.